The van der Waals surface area contributed by atoms with Crippen molar-refractivity contribution in [3.05, 3.63) is 29.8 Å². The fourth-order valence-corrected chi connectivity index (χ4v) is 4.82. The molecule has 1 amide bonds. The van der Waals surface area contributed by atoms with Crippen molar-refractivity contribution < 1.29 is 9.53 Å². The van der Waals surface area contributed by atoms with E-state index >= 15 is 0 Å². The maximum absolute atomic E-state index is 11.5. The standard InChI is InChI=1S/C15H22N2O2S2.ClH/c1-16-7-8-17-14(18)11-19-13-5-3-12(4-6-13)15-20-9-2-10-21-15;/h3-6,15-16H,2,7-11H2,1H3,(H,17,18);1H. The topological polar surface area (TPSA) is 50.4 Å². The van der Waals surface area contributed by atoms with Gasteiger partial charge in [0, 0.05) is 13.1 Å². The molecule has 4 nitrogen and oxygen atoms in total. The van der Waals surface area contributed by atoms with Crippen molar-refractivity contribution in [2.24, 2.45) is 0 Å². The molecule has 0 saturated carbocycles. The van der Waals surface area contributed by atoms with Gasteiger partial charge in [-0.05, 0) is 42.7 Å². The van der Waals surface area contributed by atoms with Crippen molar-refractivity contribution in [2.75, 3.05) is 38.2 Å². The summed E-state index contributed by atoms with van der Waals surface area (Å²) in [6, 6.07) is 8.10. The number of ether oxygens (including phenoxy) is 1. The molecule has 0 spiro atoms. The second-order valence-electron chi connectivity index (χ2n) is 4.74. The number of carbonyl (C=O) groups is 1. The summed E-state index contributed by atoms with van der Waals surface area (Å²) < 4.78 is 6.03. The highest BCUT2D eigenvalue weighted by Gasteiger charge is 2.16. The SMILES string of the molecule is CNCCNC(=O)COc1ccc(C2SCCCS2)cc1.Cl. The first kappa shape index (κ1) is 19.5. The van der Waals surface area contributed by atoms with E-state index in [-0.39, 0.29) is 24.9 Å². The molecule has 7 heteroatoms. The number of nitrogens with one attached hydrogen (secondary N) is 2. The molecule has 0 aliphatic carbocycles. The zero-order valence-corrected chi connectivity index (χ0v) is 15.1. The van der Waals surface area contributed by atoms with Gasteiger partial charge in [-0.3, -0.25) is 4.79 Å². The van der Waals surface area contributed by atoms with Crippen LogP contribution in [0.1, 0.15) is 16.6 Å². The van der Waals surface area contributed by atoms with Crippen molar-refractivity contribution >= 4 is 41.8 Å². The Morgan fingerprint density at radius 3 is 2.55 bits per heavy atom. The molecule has 0 unspecified atom stereocenters. The molecule has 2 rings (SSSR count). The van der Waals surface area contributed by atoms with Gasteiger partial charge in [0.05, 0.1) is 4.58 Å². The summed E-state index contributed by atoms with van der Waals surface area (Å²) in [7, 11) is 1.85. The molecule has 1 aromatic carbocycles. The third-order valence-corrected chi connectivity index (χ3v) is 6.06. The molecular formula is C15H23ClN2O2S2. The summed E-state index contributed by atoms with van der Waals surface area (Å²) in [5, 5.41) is 5.76. The molecule has 1 saturated heterocycles. The first-order chi connectivity index (χ1) is 10.3. The van der Waals surface area contributed by atoms with Crippen molar-refractivity contribution in [1.82, 2.24) is 10.6 Å². The van der Waals surface area contributed by atoms with Gasteiger partial charge in [-0.15, -0.1) is 35.9 Å². The van der Waals surface area contributed by atoms with Gasteiger partial charge in [0.1, 0.15) is 5.75 Å². The van der Waals surface area contributed by atoms with Crippen molar-refractivity contribution in [1.29, 1.82) is 0 Å². The van der Waals surface area contributed by atoms with Crippen LogP contribution in [0.25, 0.3) is 0 Å². The number of hydrogen-bond acceptors (Lipinski definition) is 5. The largest absolute Gasteiger partial charge is 0.484 e. The Bertz CT molecular complexity index is 440. The van der Waals surface area contributed by atoms with Gasteiger partial charge >= 0.3 is 0 Å². The second kappa shape index (κ2) is 11.0. The Hall–Kier alpha value is -0.560. The fourth-order valence-electron chi connectivity index (χ4n) is 1.93. The highest BCUT2D eigenvalue weighted by molar-refractivity contribution is 8.16. The Kier molecular flexibility index (Phi) is 9.79. The summed E-state index contributed by atoms with van der Waals surface area (Å²) >= 11 is 4.01. The summed E-state index contributed by atoms with van der Waals surface area (Å²) in [6.07, 6.45) is 1.30. The van der Waals surface area contributed by atoms with Crippen LogP contribution in [0.2, 0.25) is 0 Å². The number of halogens is 1. The third kappa shape index (κ3) is 6.69. The maximum atomic E-state index is 11.5. The van der Waals surface area contributed by atoms with Crippen LogP contribution in [-0.2, 0) is 4.79 Å². The van der Waals surface area contributed by atoms with Crippen molar-refractivity contribution in [2.45, 2.75) is 11.0 Å². The predicted octanol–water partition coefficient (Wildman–Crippen LogP) is 2.69. The lowest BCUT2D eigenvalue weighted by Crippen LogP contribution is -2.33. The summed E-state index contributed by atoms with van der Waals surface area (Å²) in [5.41, 5.74) is 1.33. The van der Waals surface area contributed by atoms with Crippen LogP contribution < -0.4 is 15.4 Å². The van der Waals surface area contributed by atoms with E-state index in [0.29, 0.717) is 11.1 Å². The fraction of sp³-hybridized carbons (Fsp3) is 0.533. The quantitative estimate of drug-likeness (QED) is 0.730. The van der Waals surface area contributed by atoms with E-state index in [4.69, 9.17) is 4.74 Å². The molecule has 1 fully saturated rings. The van der Waals surface area contributed by atoms with E-state index in [0.717, 1.165) is 12.3 Å². The van der Waals surface area contributed by atoms with Crippen LogP contribution in [0.3, 0.4) is 0 Å². The molecule has 1 heterocycles. The first-order valence-electron chi connectivity index (χ1n) is 7.17. The van der Waals surface area contributed by atoms with Gasteiger partial charge in [0.2, 0.25) is 0 Å². The molecular weight excluding hydrogens is 340 g/mol. The minimum absolute atomic E-state index is 0. The van der Waals surface area contributed by atoms with E-state index in [9.17, 15) is 4.79 Å². The number of rotatable bonds is 7. The lowest BCUT2D eigenvalue weighted by Gasteiger charge is -2.21. The highest BCUT2D eigenvalue weighted by Crippen LogP contribution is 2.43. The second-order valence-corrected chi connectivity index (χ2v) is 7.46. The van der Waals surface area contributed by atoms with Crippen molar-refractivity contribution in [3.63, 3.8) is 0 Å². The van der Waals surface area contributed by atoms with Crippen LogP contribution in [0.5, 0.6) is 5.75 Å². The minimum Gasteiger partial charge on any atom is -0.484 e. The first-order valence-corrected chi connectivity index (χ1v) is 9.26. The van der Waals surface area contributed by atoms with E-state index in [1.54, 1.807) is 0 Å². The van der Waals surface area contributed by atoms with E-state index in [1.807, 2.05) is 42.7 Å². The highest BCUT2D eigenvalue weighted by atomic mass is 35.5. The van der Waals surface area contributed by atoms with Crippen LogP contribution in [-0.4, -0.2) is 44.2 Å². The van der Waals surface area contributed by atoms with Gasteiger partial charge in [-0.2, -0.15) is 0 Å². The Balaban J connectivity index is 0.00000242. The molecule has 2 N–H and O–H groups in total. The van der Waals surface area contributed by atoms with Gasteiger partial charge in [-0.1, -0.05) is 12.1 Å². The van der Waals surface area contributed by atoms with Crippen LogP contribution in [0.15, 0.2) is 24.3 Å². The average molecular weight is 363 g/mol. The number of thioether (sulfide) groups is 2. The number of amides is 1. The number of benzene rings is 1. The van der Waals surface area contributed by atoms with Gasteiger partial charge in [0.25, 0.3) is 5.91 Å². The Morgan fingerprint density at radius 2 is 1.91 bits per heavy atom. The maximum Gasteiger partial charge on any atom is 0.257 e. The molecule has 1 aliphatic rings. The molecule has 0 atom stereocenters. The molecule has 22 heavy (non-hydrogen) atoms. The summed E-state index contributed by atoms with van der Waals surface area (Å²) in [4.78, 5) is 11.5. The van der Waals surface area contributed by atoms with Crippen LogP contribution in [0, 0.1) is 0 Å². The Morgan fingerprint density at radius 1 is 1.23 bits per heavy atom. The summed E-state index contributed by atoms with van der Waals surface area (Å²) in [6.45, 7) is 1.45. The third-order valence-electron chi connectivity index (χ3n) is 3.05. The molecule has 0 radical (unpaired) electrons. The van der Waals surface area contributed by atoms with Gasteiger partial charge < -0.3 is 15.4 Å². The number of likely N-dealkylation sites (N-methyl/N-ethyl adjacent to an activating group) is 1. The molecule has 0 bridgehead atoms. The molecule has 1 aliphatic heterocycles. The van der Waals surface area contributed by atoms with E-state index < -0.39 is 0 Å². The van der Waals surface area contributed by atoms with Crippen LogP contribution in [0.4, 0.5) is 0 Å². The van der Waals surface area contributed by atoms with Crippen molar-refractivity contribution in [3.8, 4) is 5.75 Å². The predicted molar refractivity (Wildman–Crippen MR) is 98.4 cm³/mol. The summed E-state index contributed by atoms with van der Waals surface area (Å²) in [5.74, 6) is 3.13. The molecule has 1 aromatic rings. The van der Waals surface area contributed by atoms with Crippen LogP contribution >= 0.6 is 35.9 Å². The normalized spacial score (nSPS) is 15.0. The average Bonchev–Trinajstić information content (AvgIpc) is 2.54. The smallest absolute Gasteiger partial charge is 0.257 e. The lowest BCUT2D eigenvalue weighted by atomic mass is 10.2. The number of hydrogen-bond donors (Lipinski definition) is 2. The number of carbonyl (C=O) groups excluding carboxylic acids is 1. The zero-order valence-electron chi connectivity index (χ0n) is 12.7. The lowest BCUT2D eigenvalue weighted by molar-refractivity contribution is -0.123. The Labute approximate surface area is 146 Å². The van der Waals surface area contributed by atoms with E-state index in [2.05, 4.69) is 22.8 Å². The van der Waals surface area contributed by atoms with E-state index in [1.165, 1.54) is 23.5 Å². The zero-order chi connectivity index (χ0) is 14.9. The van der Waals surface area contributed by atoms with Gasteiger partial charge in [0.15, 0.2) is 6.61 Å². The molecule has 0 aromatic heterocycles. The minimum atomic E-state index is -0.0901. The van der Waals surface area contributed by atoms with Gasteiger partial charge in [-0.25, -0.2) is 0 Å². The monoisotopic (exact) mass is 362 g/mol. The molecule has 124 valence electrons.